The van der Waals surface area contributed by atoms with Crippen LogP contribution < -0.4 is 11.1 Å². The first-order valence-corrected chi connectivity index (χ1v) is 5.34. The number of nitriles is 1. The highest BCUT2D eigenvalue weighted by atomic mass is 32.1. The van der Waals surface area contributed by atoms with Gasteiger partial charge in [-0.3, -0.25) is 0 Å². The number of halogens is 1. The van der Waals surface area contributed by atoms with Crippen molar-refractivity contribution in [2.24, 2.45) is 5.73 Å². The van der Waals surface area contributed by atoms with Gasteiger partial charge < -0.3 is 11.1 Å². The minimum Gasteiger partial charge on any atom is -0.389 e. The number of thiocarbonyl (C=S) groups is 1. The Hall–Kier alpha value is -1.93. The van der Waals surface area contributed by atoms with Gasteiger partial charge in [-0.05, 0) is 24.6 Å². The summed E-state index contributed by atoms with van der Waals surface area (Å²) in [5, 5.41) is 11.9. The number of hydrogen-bond donors (Lipinski definition) is 2. The lowest BCUT2D eigenvalue weighted by Crippen LogP contribution is -2.19. The molecule has 88 valence electrons. The molecule has 0 saturated carbocycles. The van der Waals surface area contributed by atoms with E-state index in [4.69, 9.17) is 23.2 Å². The van der Waals surface area contributed by atoms with Crippen LogP contribution in [0.1, 0.15) is 12.5 Å². The predicted octanol–water partition coefficient (Wildman–Crippen LogP) is 2.00. The van der Waals surface area contributed by atoms with Gasteiger partial charge in [0.1, 0.15) is 22.4 Å². The Labute approximate surface area is 105 Å². The summed E-state index contributed by atoms with van der Waals surface area (Å²) in [6.07, 6.45) is 0. The summed E-state index contributed by atoms with van der Waals surface area (Å²) >= 11 is 4.75. The summed E-state index contributed by atoms with van der Waals surface area (Å²) in [4.78, 5) is 0.0663. The fourth-order valence-electron chi connectivity index (χ4n) is 1.25. The van der Waals surface area contributed by atoms with E-state index in [0.29, 0.717) is 12.2 Å². The van der Waals surface area contributed by atoms with Gasteiger partial charge in [0.2, 0.25) is 0 Å². The second kappa shape index (κ2) is 5.97. The number of nitrogens with one attached hydrogen (secondary N) is 1. The summed E-state index contributed by atoms with van der Waals surface area (Å²) in [7, 11) is 0. The van der Waals surface area contributed by atoms with Crippen molar-refractivity contribution in [2.75, 3.05) is 0 Å². The monoisotopic (exact) mass is 249 g/mol. The highest BCUT2D eigenvalue weighted by molar-refractivity contribution is 7.80. The first-order valence-electron chi connectivity index (χ1n) is 4.93. The lowest BCUT2D eigenvalue weighted by atomic mass is 10.2. The molecule has 0 bridgehead atoms. The largest absolute Gasteiger partial charge is 0.389 e. The van der Waals surface area contributed by atoms with Crippen molar-refractivity contribution < 1.29 is 4.39 Å². The average Bonchev–Trinajstić information content (AvgIpc) is 2.28. The highest BCUT2D eigenvalue weighted by Crippen LogP contribution is 2.05. The summed E-state index contributed by atoms with van der Waals surface area (Å²) in [5.74, 6) is -0.276. The van der Waals surface area contributed by atoms with Crippen LogP contribution in [0.5, 0.6) is 0 Å². The topological polar surface area (TPSA) is 61.8 Å². The third-order valence-corrected chi connectivity index (χ3v) is 2.41. The Bertz CT molecular complexity index is 485. The molecule has 0 unspecified atom stereocenters. The Morgan fingerprint density at radius 1 is 1.47 bits per heavy atom. The Balaban J connectivity index is 2.71. The molecule has 17 heavy (non-hydrogen) atoms. The van der Waals surface area contributed by atoms with E-state index in [1.54, 1.807) is 19.1 Å². The summed E-state index contributed by atoms with van der Waals surface area (Å²) in [6.45, 7) is 2.21. The maximum atomic E-state index is 12.7. The minimum absolute atomic E-state index is 0.0663. The Morgan fingerprint density at radius 2 is 2.06 bits per heavy atom. The molecule has 0 spiro atoms. The zero-order valence-corrected chi connectivity index (χ0v) is 10.1. The number of rotatable bonds is 4. The lowest BCUT2D eigenvalue weighted by molar-refractivity contribution is 0.626. The lowest BCUT2D eigenvalue weighted by Gasteiger charge is -2.08. The number of allylic oxidation sites excluding steroid dienone is 1. The number of benzene rings is 1. The van der Waals surface area contributed by atoms with E-state index in [1.807, 2.05) is 6.07 Å². The molecule has 1 aromatic carbocycles. The molecule has 0 atom stereocenters. The van der Waals surface area contributed by atoms with Crippen molar-refractivity contribution in [3.8, 4) is 6.07 Å². The second-order valence-corrected chi connectivity index (χ2v) is 3.90. The molecule has 0 aliphatic rings. The third kappa shape index (κ3) is 3.85. The molecule has 3 N–H and O–H groups in total. The fraction of sp³-hybridized carbons (Fsp3) is 0.167. The van der Waals surface area contributed by atoms with Gasteiger partial charge in [-0.15, -0.1) is 0 Å². The van der Waals surface area contributed by atoms with Gasteiger partial charge in [0.05, 0.1) is 0 Å². The Kier molecular flexibility index (Phi) is 4.61. The molecule has 3 nitrogen and oxygen atoms in total. The van der Waals surface area contributed by atoms with Crippen LogP contribution in [-0.4, -0.2) is 4.99 Å². The van der Waals surface area contributed by atoms with Crippen LogP contribution in [0.2, 0.25) is 0 Å². The summed E-state index contributed by atoms with van der Waals surface area (Å²) in [5.41, 5.74) is 7.19. The van der Waals surface area contributed by atoms with Crippen molar-refractivity contribution in [1.82, 2.24) is 5.32 Å². The minimum atomic E-state index is -0.276. The maximum Gasteiger partial charge on any atom is 0.123 e. The SMILES string of the molecule is CC(NCc1ccc(F)cc1)=C(C#N)C(N)=S. The first-order chi connectivity index (χ1) is 8.04. The van der Waals surface area contributed by atoms with Crippen LogP contribution >= 0.6 is 12.2 Å². The smallest absolute Gasteiger partial charge is 0.123 e. The van der Waals surface area contributed by atoms with Crippen molar-refractivity contribution in [1.29, 1.82) is 5.26 Å². The number of nitrogens with two attached hydrogens (primary N) is 1. The van der Waals surface area contributed by atoms with Gasteiger partial charge in [0.15, 0.2) is 0 Å². The Morgan fingerprint density at radius 3 is 2.53 bits per heavy atom. The zero-order valence-electron chi connectivity index (χ0n) is 9.33. The normalized spacial score (nSPS) is 11.4. The van der Waals surface area contributed by atoms with E-state index < -0.39 is 0 Å². The third-order valence-electron chi connectivity index (χ3n) is 2.20. The van der Waals surface area contributed by atoms with Gasteiger partial charge in [0.25, 0.3) is 0 Å². The van der Waals surface area contributed by atoms with Crippen LogP contribution in [0.3, 0.4) is 0 Å². The average molecular weight is 249 g/mol. The molecular formula is C12H12FN3S. The molecule has 0 radical (unpaired) electrons. The standard InChI is InChI=1S/C12H12FN3S/c1-8(11(6-14)12(15)17)16-7-9-2-4-10(13)5-3-9/h2-5,16H,7H2,1H3,(H2,15,17). The summed E-state index contributed by atoms with van der Waals surface area (Å²) < 4.78 is 12.7. The van der Waals surface area contributed by atoms with Crippen LogP contribution in [-0.2, 0) is 6.54 Å². The molecule has 0 aromatic heterocycles. The summed E-state index contributed by atoms with van der Waals surface area (Å²) in [6, 6.07) is 8.04. The van der Waals surface area contributed by atoms with Crippen molar-refractivity contribution in [3.05, 3.63) is 46.9 Å². The van der Waals surface area contributed by atoms with E-state index >= 15 is 0 Å². The molecule has 0 aliphatic heterocycles. The molecule has 0 heterocycles. The van der Waals surface area contributed by atoms with Crippen molar-refractivity contribution >= 4 is 17.2 Å². The highest BCUT2D eigenvalue weighted by Gasteiger charge is 2.04. The van der Waals surface area contributed by atoms with Crippen molar-refractivity contribution in [3.63, 3.8) is 0 Å². The van der Waals surface area contributed by atoms with Gasteiger partial charge >= 0.3 is 0 Å². The van der Waals surface area contributed by atoms with E-state index in [1.165, 1.54) is 12.1 Å². The molecule has 1 rings (SSSR count). The maximum absolute atomic E-state index is 12.7. The molecular weight excluding hydrogens is 237 g/mol. The van der Waals surface area contributed by atoms with Crippen LogP contribution in [0, 0.1) is 17.1 Å². The first kappa shape index (κ1) is 13.1. The van der Waals surface area contributed by atoms with Gasteiger partial charge in [-0.2, -0.15) is 5.26 Å². The molecule has 0 amide bonds. The number of nitrogens with zero attached hydrogens (tertiary/aromatic N) is 1. The van der Waals surface area contributed by atoms with E-state index in [2.05, 4.69) is 5.32 Å². The predicted molar refractivity (Wildman–Crippen MR) is 68.3 cm³/mol. The molecule has 5 heteroatoms. The molecule has 0 fully saturated rings. The molecule has 1 aromatic rings. The van der Waals surface area contributed by atoms with E-state index in [-0.39, 0.29) is 16.4 Å². The second-order valence-electron chi connectivity index (χ2n) is 3.46. The van der Waals surface area contributed by atoms with E-state index in [9.17, 15) is 4.39 Å². The van der Waals surface area contributed by atoms with Gasteiger partial charge in [-0.1, -0.05) is 24.4 Å². The zero-order chi connectivity index (χ0) is 12.8. The quantitative estimate of drug-likeness (QED) is 0.487. The van der Waals surface area contributed by atoms with Crippen molar-refractivity contribution in [2.45, 2.75) is 13.5 Å². The van der Waals surface area contributed by atoms with Crippen LogP contribution in [0.4, 0.5) is 4.39 Å². The molecule has 0 aliphatic carbocycles. The van der Waals surface area contributed by atoms with Crippen LogP contribution in [0.25, 0.3) is 0 Å². The number of hydrogen-bond acceptors (Lipinski definition) is 3. The van der Waals surface area contributed by atoms with E-state index in [0.717, 1.165) is 5.56 Å². The molecule has 0 saturated heterocycles. The van der Waals surface area contributed by atoms with Gasteiger partial charge in [0, 0.05) is 12.2 Å². The van der Waals surface area contributed by atoms with Gasteiger partial charge in [-0.25, -0.2) is 4.39 Å². The fourth-order valence-corrected chi connectivity index (χ4v) is 1.45. The van der Waals surface area contributed by atoms with Crippen LogP contribution in [0.15, 0.2) is 35.5 Å².